The predicted octanol–water partition coefficient (Wildman–Crippen LogP) is 1.89. The normalized spacial score (nSPS) is 12.8. The molecule has 0 saturated heterocycles. The van der Waals surface area contributed by atoms with Crippen molar-refractivity contribution in [1.82, 2.24) is 4.37 Å². The Morgan fingerprint density at radius 2 is 2.58 bits per heavy atom. The smallest absolute Gasteiger partial charge is 0.139 e. The maximum atomic E-state index is 5.47. The SMILES string of the molecule is CSC(C)CNc1cc(N)ns1. The minimum Gasteiger partial charge on any atom is -0.383 e. The summed E-state index contributed by atoms with van der Waals surface area (Å²) in [5.74, 6) is 0.597. The highest BCUT2D eigenvalue weighted by molar-refractivity contribution is 7.99. The summed E-state index contributed by atoms with van der Waals surface area (Å²) in [4.78, 5) is 0. The van der Waals surface area contributed by atoms with Gasteiger partial charge in [-0.05, 0) is 17.8 Å². The fourth-order valence-electron chi connectivity index (χ4n) is 0.700. The molecule has 0 aliphatic carbocycles. The molecule has 12 heavy (non-hydrogen) atoms. The van der Waals surface area contributed by atoms with Crippen molar-refractivity contribution in [3.05, 3.63) is 6.07 Å². The molecule has 3 N–H and O–H groups in total. The van der Waals surface area contributed by atoms with Crippen LogP contribution in [0.25, 0.3) is 0 Å². The van der Waals surface area contributed by atoms with Gasteiger partial charge in [0.15, 0.2) is 0 Å². The van der Waals surface area contributed by atoms with Crippen molar-refractivity contribution in [2.24, 2.45) is 0 Å². The zero-order chi connectivity index (χ0) is 8.97. The summed E-state index contributed by atoms with van der Waals surface area (Å²) >= 11 is 3.25. The number of hydrogen-bond donors (Lipinski definition) is 2. The van der Waals surface area contributed by atoms with Crippen LogP contribution in [-0.4, -0.2) is 22.4 Å². The molecule has 0 radical (unpaired) electrons. The third kappa shape index (κ3) is 2.91. The molecule has 1 atom stereocenters. The molecule has 68 valence electrons. The highest BCUT2D eigenvalue weighted by Gasteiger charge is 2.00. The monoisotopic (exact) mass is 203 g/mol. The number of aromatic nitrogens is 1. The fourth-order valence-corrected chi connectivity index (χ4v) is 1.53. The molecule has 0 amide bonds. The van der Waals surface area contributed by atoms with E-state index in [0.29, 0.717) is 11.1 Å². The molecular formula is C7H13N3S2. The molecule has 3 nitrogen and oxygen atoms in total. The third-order valence-corrected chi connectivity index (χ3v) is 3.23. The Labute approximate surface area is 80.9 Å². The number of rotatable bonds is 4. The second-order valence-electron chi connectivity index (χ2n) is 2.54. The molecule has 1 aromatic heterocycles. The zero-order valence-electron chi connectivity index (χ0n) is 7.20. The van der Waals surface area contributed by atoms with Crippen LogP contribution in [0, 0.1) is 0 Å². The summed E-state index contributed by atoms with van der Waals surface area (Å²) in [6, 6.07) is 1.86. The van der Waals surface area contributed by atoms with E-state index in [0.717, 1.165) is 11.5 Å². The first-order chi connectivity index (χ1) is 5.72. The van der Waals surface area contributed by atoms with Gasteiger partial charge in [0.05, 0.1) is 0 Å². The average molecular weight is 203 g/mol. The number of nitrogens with two attached hydrogens (primary N) is 1. The molecule has 1 heterocycles. The lowest BCUT2D eigenvalue weighted by atomic mass is 10.4. The molecule has 0 aliphatic rings. The third-order valence-electron chi connectivity index (χ3n) is 1.49. The molecular weight excluding hydrogens is 190 g/mol. The molecule has 0 aliphatic heterocycles. The van der Waals surface area contributed by atoms with Gasteiger partial charge in [0.2, 0.25) is 0 Å². The average Bonchev–Trinajstić information content (AvgIpc) is 2.47. The van der Waals surface area contributed by atoms with Gasteiger partial charge in [0.25, 0.3) is 0 Å². The Morgan fingerprint density at radius 3 is 3.08 bits per heavy atom. The Balaban J connectivity index is 2.33. The lowest BCUT2D eigenvalue weighted by molar-refractivity contribution is 1.01. The van der Waals surface area contributed by atoms with Crippen molar-refractivity contribution >= 4 is 34.1 Å². The van der Waals surface area contributed by atoms with E-state index in [1.165, 1.54) is 11.5 Å². The Kier molecular flexibility index (Phi) is 3.68. The van der Waals surface area contributed by atoms with Crippen LogP contribution in [0.15, 0.2) is 6.07 Å². The van der Waals surface area contributed by atoms with Gasteiger partial charge < -0.3 is 11.1 Å². The number of thioether (sulfide) groups is 1. The molecule has 0 bridgehead atoms. The van der Waals surface area contributed by atoms with Crippen molar-refractivity contribution in [1.29, 1.82) is 0 Å². The van der Waals surface area contributed by atoms with Crippen molar-refractivity contribution in [2.75, 3.05) is 23.9 Å². The first-order valence-corrected chi connectivity index (χ1v) is 5.77. The first kappa shape index (κ1) is 9.67. The quantitative estimate of drug-likeness (QED) is 0.784. The second kappa shape index (κ2) is 4.57. The van der Waals surface area contributed by atoms with Crippen LogP contribution in [0.5, 0.6) is 0 Å². The Morgan fingerprint density at radius 1 is 1.83 bits per heavy atom. The van der Waals surface area contributed by atoms with Crippen molar-refractivity contribution < 1.29 is 0 Å². The van der Waals surface area contributed by atoms with E-state index < -0.39 is 0 Å². The Bertz CT molecular complexity index is 236. The number of anilines is 2. The Hall–Kier alpha value is -0.420. The van der Waals surface area contributed by atoms with Gasteiger partial charge >= 0.3 is 0 Å². The second-order valence-corrected chi connectivity index (χ2v) is 4.62. The van der Waals surface area contributed by atoms with Gasteiger partial charge in [0, 0.05) is 17.9 Å². The first-order valence-electron chi connectivity index (χ1n) is 3.71. The topological polar surface area (TPSA) is 50.9 Å². The largest absolute Gasteiger partial charge is 0.383 e. The predicted molar refractivity (Wildman–Crippen MR) is 58.0 cm³/mol. The van der Waals surface area contributed by atoms with E-state index in [2.05, 4.69) is 22.9 Å². The van der Waals surface area contributed by atoms with Crippen molar-refractivity contribution in [2.45, 2.75) is 12.2 Å². The molecule has 5 heteroatoms. The minimum absolute atomic E-state index is 0.597. The van der Waals surface area contributed by atoms with E-state index in [-0.39, 0.29) is 0 Å². The molecule has 1 unspecified atom stereocenters. The molecule has 0 spiro atoms. The summed E-state index contributed by atoms with van der Waals surface area (Å²) in [7, 11) is 0. The molecule has 0 fully saturated rings. The zero-order valence-corrected chi connectivity index (χ0v) is 8.84. The van der Waals surface area contributed by atoms with Gasteiger partial charge in [0.1, 0.15) is 10.8 Å². The van der Waals surface area contributed by atoms with Crippen LogP contribution in [0.2, 0.25) is 0 Å². The van der Waals surface area contributed by atoms with Crippen LogP contribution in [0.1, 0.15) is 6.92 Å². The van der Waals surface area contributed by atoms with Gasteiger partial charge in [-0.2, -0.15) is 16.1 Å². The standard InChI is InChI=1S/C7H13N3S2/c1-5(11-2)4-9-7-3-6(8)10-12-7/h3,5,9H,4H2,1-2H3,(H2,8,10). The van der Waals surface area contributed by atoms with Crippen molar-refractivity contribution in [3.63, 3.8) is 0 Å². The lowest BCUT2D eigenvalue weighted by Gasteiger charge is -2.07. The minimum atomic E-state index is 0.597. The van der Waals surface area contributed by atoms with Gasteiger partial charge in [-0.3, -0.25) is 0 Å². The van der Waals surface area contributed by atoms with E-state index in [1.807, 2.05) is 17.8 Å². The van der Waals surface area contributed by atoms with E-state index in [4.69, 9.17) is 5.73 Å². The molecule has 1 aromatic rings. The number of nitrogens with one attached hydrogen (secondary N) is 1. The highest BCUT2D eigenvalue weighted by Crippen LogP contribution is 2.18. The van der Waals surface area contributed by atoms with E-state index >= 15 is 0 Å². The van der Waals surface area contributed by atoms with Crippen molar-refractivity contribution in [3.8, 4) is 0 Å². The van der Waals surface area contributed by atoms with Gasteiger partial charge in [-0.1, -0.05) is 6.92 Å². The van der Waals surface area contributed by atoms with Crippen LogP contribution >= 0.6 is 23.3 Å². The van der Waals surface area contributed by atoms with Crippen LogP contribution in [-0.2, 0) is 0 Å². The lowest BCUT2D eigenvalue weighted by Crippen LogP contribution is -2.11. The number of nitrogens with zero attached hydrogens (tertiary/aromatic N) is 1. The summed E-state index contributed by atoms with van der Waals surface area (Å²) in [6.45, 7) is 3.14. The fraction of sp³-hybridized carbons (Fsp3) is 0.571. The van der Waals surface area contributed by atoms with Gasteiger partial charge in [-0.25, -0.2) is 0 Å². The molecule has 1 rings (SSSR count). The summed E-state index contributed by atoms with van der Waals surface area (Å²) in [5.41, 5.74) is 5.47. The maximum absolute atomic E-state index is 5.47. The van der Waals surface area contributed by atoms with Crippen LogP contribution in [0.4, 0.5) is 10.8 Å². The number of hydrogen-bond acceptors (Lipinski definition) is 5. The molecule has 0 saturated carbocycles. The van der Waals surface area contributed by atoms with E-state index in [9.17, 15) is 0 Å². The van der Waals surface area contributed by atoms with Crippen LogP contribution in [0.3, 0.4) is 0 Å². The summed E-state index contributed by atoms with van der Waals surface area (Å²) < 4.78 is 3.97. The van der Waals surface area contributed by atoms with Crippen LogP contribution < -0.4 is 11.1 Å². The number of nitrogen functional groups attached to an aromatic ring is 1. The van der Waals surface area contributed by atoms with E-state index in [1.54, 1.807) is 0 Å². The summed E-state index contributed by atoms with van der Waals surface area (Å²) in [5, 5.41) is 4.94. The highest BCUT2D eigenvalue weighted by atomic mass is 32.2. The maximum Gasteiger partial charge on any atom is 0.139 e. The van der Waals surface area contributed by atoms with Gasteiger partial charge in [-0.15, -0.1) is 0 Å². The summed E-state index contributed by atoms with van der Waals surface area (Å²) in [6.07, 6.45) is 2.10. The molecule has 0 aromatic carbocycles.